The van der Waals surface area contributed by atoms with Crippen LogP contribution in [0.3, 0.4) is 0 Å². The molecule has 1 aromatic rings. The van der Waals surface area contributed by atoms with Gasteiger partial charge in [0.2, 0.25) is 8.00 Å². The van der Waals surface area contributed by atoms with Crippen LogP contribution in [0.25, 0.3) is 0 Å². The summed E-state index contributed by atoms with van der Waals surface area (Å²) in [4.78, 5) is 11.9. The van der Waals surface area contributed by atoms with Crippen LogP contribution in [0, 0.1) is 0 Å². The van der Waals surface area contributed by atoms with Crippen molar-refractivity contribution in [2.45, 2.75) is 8.00 Å². The average molecular weight is 317 g/mol. The second-order valence-corrected chi connectivity index (χ2v) is 7.38. The van der Waals surface area contributed by atoms with Crippen molar-refractivity contribution in [2.75, 3.05) is 4.31 Å². The van der Waals surface area contributed by atoms with E-state index in [1.165, 1.54) is 4.31 Å². The number of nitrogens with zero attached hydrogens (tertiary/aromatic N) is 1. The molecular weight excluding hydrogens is 312 g/mol. The minimum atomic E-state index is -1.85. The van der Waals surface area contributed by atoms with Crippen molar-refractivity contribution in [3.63, 3.8) is 0 Å². The van der Waals surface area contributed by atoms with Crippen LogP contribution in [0.15, 0.2) is 30.3 Å². The van der Waals surface area contributed by atoms with Gasteiger partial charge < -0.3 is 0 Å². The number of benzene rings is 1. The van der Waals surface area contributed by atoms with Crippen LogP contribution < -0.4 is 4.31 Å². The van der Waals surface area contributed by atoms with Gasteiger partial charge in [-0.2, -0.15) is 0 Å². The number of alkyl halides is 4. The lowest BCUT2D eigenvalue weighted by molar-refractivity contribution is -0.117. The SMILES string of the molecule is O=C1N(c2ccccc2)SC(Cl)(Cl)C1(Cl)Cl. The first kappa shape index (κ1) is 12.7. The fourth-order valence-corrected chi connectivity index (χ4v) is 3.13. The Morgan fingerprint density at radius 1 is 1.06 bits per heavy atom. The topological polar surface area (TPSA) is 20.3 Å². The summed E-state index contributed by atoms with van der Waals surface area (Å²) in [5.41, 5.74) is 0.631. The molecule has 2 nitrogen and oxygen atoms in total. The van der Waals surface area contributed by atoms with Crippen molar-refractivity contribution in [3.05, 3.63) is 30.3 Å². The summed E-state index contributed by atoms with van der Waals surface area (Å²) < 4.78 is -2.15. The van der Waals surface area contributed by atoms with Crippen molar-refractivity contribution >= 4 is 69.9 Å². The van der Waals surface area contributed by atoms with Crippen LogP contribution in [0.2, 0.25) is 0 Å². The van der Waals surface area contributed by atoms with Crippen molar-refractivity contribution in [3.8, 4) is 0 Å². The summed E-state index contributed by atoms with van der Waals surface area (Å²) >= 11 is 24.4. The fraction of sp³-hybridized carbons (Fsp3) is 0.222. The van der Waals surface area contributed by atoms with E-state index in [9.17, 15) is 4.79 Å². The summed E-state index contributed by atoms with van der Waals surface area (Å²) in [5.74, 6) is -0.544. The first-order valence-electron chi connectivity index (χ1n) is 4.20. The molecule has 1 fully saturated rings. The minimum Gasteiger partial charge on any atom is -0.270 e. The second-order valence-electron chi connectivity index (χ2n) is 3.12. The molecule has 0 N–H and O–H groups in total. The van der Waals surface area contributed by atoms with Gasteiger partial charge in [-0.05, 0) is 12.1 Å². The highest BCUT2D eigenvalue weighted by Gasteiger charge is 2.63. The van der Waals surface area contributed by atoms with E-state index in [-0.39, 0.29) is 0 Å². The van der Waals surface area contributed by atoms with Gasteiger partial charge in [0.15, 0.2) is 0 Å². The number of carbonyl (C=O) groups excluding carboxylic acids is 1. The molecule has 0 saturated carbocycles. The van der Waals surface area contributed by atoms with Crippen molar-refractivity contribution < 1.29 is 4.79 Å². The lowest BCUT2D eigenvalue weighted by Gasteiger charge is -2.18. The third-order valence-electron chi connectivity index (χ3n) is 2.02. The quantitative estimate of drug-likeness (QED) is 0.577. The Balaban J connectivity index is 2.39. The number of rotatable bonds is 1. The standard InChI is InChI=1S/C9H5Cl4NOS/c10-8(11)7(15)14(16-9(8,12)13)6-4-2-1-3-5-6/h1-5H. The number of para-hydroxylation sites is 1. The van der Waals surface area contributed by atoms with Crippen LogP contribution >= 0.6 is 58.4 Å². The number of anilines is 1. The van der Waals surface area contributed by atoms with Gasteiger partial charge in [-0.25, -0.2) is 4.31 Å². The summed E-state index contributed by atoms with van der Waals surface area (Å²) in [6.07, 6.45) is 0. The molecular formula is C9H5Cl4NOS. The highest BCUT2D eigenvalue weighted by Crippen LogP contribution is 2.59. The third kappa shape index (κ3) is 1.89. The Morgan fingerprint density at radius 2 is 1.62 bits per heavy atom. The molecule has 0 radical (unpaired) electrons. The Kier molecular flexibility index (Phi) is 3.28. The molecule has 2 rings (SSSR count). The largest absolute Gasteiger partial charge is 0.277 e. The van der Waals surface area contributed by atoms with E-state index in [1.54, 1.807) is 24.3 Å². The van der Waals surface area contributed by atoms with Crippen LogP contribution in [0.4, 0.5) is 5.69 Å². The molecule has 0 aliphatic carbocycles. The lowest BCUT2D eigenvalue weighted by Crippen LogP contribution is -2.37. The molecule has 1 amide bonds. The molecule has 16 heavy (non-hydrogen) atoms. The highest BCUT2D eigenvalue weighted by atomic mass is 35.5. The molecule has 0 unspecified atom stereocenters. The van der Waals surface area contributed by atoms with Gasteiger partial charge in [-0.1, -0.05) is 64.6 Å². The zero-order valence-electron chi connectivity index (χ0n) is 7.66. The molecule has 1 aromatic carbocycles. The van der Waals surface area contributed by atoms with Crippen LogP contribution in [0.5, 0.6) is 0 Å². The Bertz CT molecular complexity index is 423. The van der Waals surface area contributed by atoms with Crippen LogP contribution in [-0.2, 0) is 4.79 Å². The first-order valence-corrected chi connectivity index (χ1v) is 6.49. The molecule has 0 spiro atoms. The van der Waals surface area contributed by atoms with Crippen molar-refractivity contribution in [1.82, 2.24) is 0 Å². The molecule has 1 aliphatic heterocycles. The van der Waals surface area contributed by atoms with Crippen LogP contribution in [-0.4, -0.2) is 13.9 Å². The normalized spacial score (nSPS) is 22.5. The fourth-order valence-electron chi connectivity index (χ4n) is 1.20. The highest BCUT2D eigenvalue weighted by molar-refractivity contribution is 8.06. The zero-order valence-corrected chi connectivity index (χ0v) is 11.5. The van der Waals surface area contributed by atoms with Crippen molar-refractivity contribution in [1.29, 1.82) is 0 Å². The molecule has 1 saturated heterocycles. The number of carbonyl (C=O) groups is 1. The Hall–Kier alpha value is 0.200. The van der Waals surface area contributed by atoms with E-state index in [1.807, 2.05) is 6.07 Å². The smallest absolute Gasteiger partial charge is 0.270 e. The van der Waals surface area contributed by atoms with E-state index in [4.69, 9.17) is 46.4 Å². The van der Waals surface area contributed by atoms with Crippen molar-refractivity contribution in [2.24, 2.45) is 0 Å². The summed E-state index contributed by atoms with van der Waals surface area (Å²) in [7, 11) is 0. The minimum absolute atomic E-state index is 0.544. The molecule has 1 aliphatic rings. The number of amides is 1. The third-order valence-corrected chi connectivity index (χ3v) is 5.59. The van der Waals surface area contributed by atoms with Gasteiger partial charge in [0, 0.05) is 11.9 Å². The summed E-state index contributed by atoms with van der Waals surface area (Å²) in [6, 6.07) is 8.89. The second kappa shape index (κ2) is 4.14. The number of halogens is 4. The number of hydrogen-bond acceptors (Lipinski definition) is 2. The first-order chi connectivity index (χ1) is 7.36. The van der Waals surface area contributed by atoms with Gasteiger partial charge in [0.25, 0.3) is 5.91 Å². The number of hydrogen-bond donors (Lipinski definition) is 0. The predicted molar refractivity (Wildman–Crippen MR) is 70.4 cm³/mol. The molecule has 7 heteroatoms. The van der Waals surface area contributed by atoms with E-state index in [0.29, 0.717) is 5.69 Å². The summed E-state index contributed by atoms with van der Waals surface area (Å²) in [5, 5.41) is 0. The molecule has 86 valence electrons. The monoisotopic (exact) mass is 315 g/mol. The molecule has 0 bridgehead atoms. The molecule has 0 aromatic heterocycles. The maximum Gasteiger partial charge on any atom is 0.277 e. The molecule has 0 atom stereocenters. The predicted octanol–water partition coefficient (Wildman–Crippen LogP) is 3.99. The van der Waals surface area contributed by atoms with E-state index in [0.717, 1.165) is 11.9 Å². The Labute approximate surface area is 117 Å². The maximum absolute atomic E-state index is 11.9. The Morgan fingerprint density at radius 3 is 2.06 bits per heavy atom. The maximum atomic E-state index is 11.9. The van der Waals surface area contributed by atoms with Crippen LogP contribution in [0.1, 0.15) is 0 Å². The zero-order chi connectivity index (χ0) is 12.0. The average Bonchev–Trinajstić information content (AvgIpc) is 2.40. The van der Waals surface area contributed by atoms with Gasteiger partial charge >= 0.3 is 0 Å². The van der Waals surface area contributed by atoms with Gasteiger partial charge in [-0.3, -0.25) is 4.79 Å². The summed E-state index contributed by atoms with van der Waals surface area (Å²) in [6.45, 7) is 0. The van der Waals surface area contributed by atoms with Gasteiger partial charge in [-0.15, -0.1) is 0 Å². The van der Waals surface area contributed by atoms with E-state index < -0.39 is 13.9 Å². The lowest BCUT2D eigenvalue weighted by atomic mass is 10.3. The van der Waals surface area contributed by atoms with Gasteiger partial charge in [0.1, 0.15) is 0 Å². The van der Waals surface area contributed by atoms with Gasteiger partial charge in [0.05, 0.1) is 5.69 Å². The molecule has 1 heterocycles. The van der Waals surface area contributed by atoms with E-state index >= 15 is 0 Å². The van der Waals surface area contributed by atoms with E-state index in [2.05, 4.69) is 0 Å².